The minimum absolute atomic E-state index is 0.416. The molecule has 0 radical (unpaired) electrons. The summed E-state index contributed by atoms with van der Waals surface area (Å²) in [4.78, 5) is 4.03. The zero-order valence-electron chi connectivity index (χ0n) is 7.65. The number of aromatic nitrogens is 1. The zero-order chi connectivity index (χ0) is 10.7. The minimum atomic E-state index is 0.416. The molecule has 0 atom stereocenters. The van der Waals surface area contributed by atoms with Crippen molar-refractivity contribution in [3.63, 3.8) is 0 Å². The molecule has 0 fully saturated rings. The van der Waals surface area contributed by atoms with Crippen molar-refractivity contribution in [1.82, 2.24) is 4.98 Å². The first-order chi connectivity index (χ1) is 7.25. The van der Waals surface area contributed by atoms with Gasteiger partial charge in [-0.25, -0.2) is 4.98 Å². The fourth-order valence-electron chi connectivity index (χ4n) is 1.09. The van der Waals surface area contributed by atoms with Gasteiger partial charge in [-0.1, -0.05) is 29.8 Å². The van der Waals surface area contributed by atoms with Gasteiger partial charge in [-0.3, -0.25) is 0 Å². The monoisotopic (exact) mass is 283 g/mol. The Morgan fingerprint density at radius 2 is 1.87 bits per heavy atom. The second-order valence-corrected chi connectivity index (χ2v) is 4.07. The largest absolute Gasteiger partial charge is 0.438 e. The second-order valence-electron chi connectivity index (χ2n) is 2.83. The van der Waals surface area contributed by atoms with E-state index >= 15 is 0 Å². The van der Waals surface area contributed by atoms with E-state index in [1.165, 1.54) is 0 Å². The van der Waals surface area contributed by atoms with Crippen molar-refractivity contribution in [3.8, 4) is 11.6 Å². The first-order valence-electron chi connectivity index (χ1n) is 4.30. The molecule has 2 aromatic rings. The van der Waals surface area contributed by atoms with Crippen LogP contribution in [0, 0.1) is 0 Å². The minimum Gasteiger partial charge on any atom is -0.438 e. The van der Waals surface area contributed by atoms with Gasteiger partial charge in [-0.05, 0) is 34.1 Å². The van der Waals surface area contributed by atoms with Crippen molar-refractivity contribution in [1.29, 1.82) is 0 Å². The van der Waals surface area contributed by atoms with Crippen molar-refractivity contribution < 1.29 is 4.74 Å². The molecule has 0 spiro atoms. The molecule has 1 heterocycles. The quantitative estimate of drug-likeness (QED) is 0.768. The summed E-state index contributed by atoms with van der Waals surface area (Å²) < 4.78 is 6.43. The Hall–Kier alpha value is -1.06. The molecule has 15 heavy (non-hydrogen) atoms. The molecular weight excluding hydrogens is 277 g/mol. The maximum atomic E-state index is 5.75. The summed E-state index contributed by atoms with van der Waals surface area (Å²) in [6.07, 6.45) is 0. The van der Waals surface area contributed by atoms with Crippen LogP contribution in [0.15, 0.2) is 46.9 Å². The molecule has 0 aliphatic heterocycles. The molecule has 1 aromatic carbocycles. The summed E-state index contributed by atoms with van der Waals surface area (Å²) in [5, 5.41) is 0.416. The Kier molecular flexibility index (Phi) is 3.23. The van der Waals surface area contributed by atoms with E-state index in [-0.39, 0.29) is 0 Å². The van der Waals surface area contributed by atoms with E-state index in [9.17, 15) is 0 Å². The Morgan fingerprint density at radius 3 is 2.60 bits per heavy atom. The van der Waals surface area contributed by atoms with Gasteiger partial charge in [-0.15, -0.1) is 0 Å². The van der Waals surface area contributed by atoms with Gasteiger partial charge in [0.15, 0.2) is 0 Å². The number of pyridine rings is 1. The van der Waals surface area contributed by atoms with Gasteiger partial charge in [0.2, 0.25) is 5.88 Å². The molecule has 0 aliphatic rings. The lowest BCUT2D eigenvalue weighted by molar-refractivity contribution is 0.460. The van der Waals surface area contributed by atoms with Gasteiger partial charge in [0.1, 0.15) is 10.9 Å². The van der Waals surface area contributed by atoms with Crippen LogP contribution in [-0.2, 0) is 0 Å². The van der Waals surface area contributed by atoms with Crippen molar-refractivity contribution in [2.24, 2.45) is 0 Å². The highest BCUT2D eigenvalue weighted by molar-refractivity contribution is 9.10. The highest BCUT2D eigenvalue weighted by Crippen LogP contribution is 2.28. The van der Waals surface area contributed by atoms with Crippen molar-refractivity contribution in [2.45, 2.75) is 0 Å². The summed E-state index contributed by atoms with van der Waals surface area (Å²) in [6, 6.07) is 12.8. The number of benzene rings is 1. The van der Waals surface area contributed by atoms with Gasteiger partial charge in [-0.2, -0.15) is 0 Å². The summed E-state index contributed by atoms with van der Waals surface area (Å²) in [7, 11) is 0. The van der Waals surface area contributed by atoms with Crippen molar-refractivity contribution in [3.05, 3.63) is 52.1 Å². The Bertz CT molecular complexity index is 476. The SMILES string of the molecule is Clc1cccc(Oc2ccccc2Br)n1. The first-order valence-corrected chi connectivity index (χ1v) is 5.48. The Labute approximate surface area is 101 Å². The molecule has 0 amide bonds. The van der Waals surface area contributed by atoms with Crippen LogP contribution in [0.25, 0.3) is 0 Å². The van der Waals surface area contributed by atoms with Crippen LogP contribution in [0.4, 0.5) is 0 Å². The third kappa shape index (κ3) is 2.70. The van der Waals surface area contributed by atoms with E-state index < -0.39 is 0 Å². The molecule has 4 heteroatoms. The van der Waals surface area contributed by atoms with Crippen LogP contribution in [0.2, 0.25) is 5.15 Å². The normalized spacial score (nSPS) is 10.0. The Balaban J connectivity index is 2.26. The highest BCUT2D eigenvalue weighted by Gasteiger charge is 2.02. The summed E-state index contributed by atoms with van der Waals surface area (Å²) in [6.45, 7) is 0. The molecule has 2 nitrogen and oxygen atoms in total. The van der Waals surface area contributed by atoms with Crippen LogP contribution in [0.1, 0.15) is 0 Å². The fraction of sp³-hybridized carbons (Fsp3) is 0. The van der Waals surface area contributed by atoms with E-state index in [1.807, 2.05) is 24.3 Å². The topological polar surface area (TPSA) is 22.1 Å². The zero-order valence-corrected chi connectivity index (χ0v) is 9.99. The Morgan fingerprint density at radius 1 is 1.07 bits per heavy atom. The summed E-state index contributed by atoms with van der Waals surface area (Å²) in [5.41, 5.74) is 0. The third-order valence-corrected chi connectivity index (χ3v) is 2.61. The predicted octanol–water partition coefficient (Wildman–Crippen LogP) is 4.29. The molecule has 76 valence electrons. The smallest absolute Gasteiger partial charge is 0.220 e. The highest BCUT2D eigenvalue weighted by atomic mass is 79.9. The van der Waals surface area contributed by atoms with Crippen LogP contribution >= 0.6 is 27.5 Å². The number of halogens is 2. The van der Waals surface area contributed by atoms with Gasteiger partial charge < -0.3 is 4.74 Å². The fourth-order valence-corrected chi connectivity index (χ4v) is 1.61. The van der Waals surface area contributed by atoms with Gasteiger partial charge >= 0.3 is 0 Å². The number of rotatable bonds is 2. The number of nitrogens with zero attached hydrogens (tertiary/aromatic N) is 1. The van der Waals surface area contributed by atoms with E-state index in [0.717, 1.165) is 4.47 Å². The first kappa shape index (κ1) is 10.5. The molecule has 0 aliphatic carbocycles. The van der Waals surface area contributed by atoms with Crippen LogP contribution in [0.3, 0.4) is 0 Å². The van der Waals surface area contributed by atoms with Gasteiger partial charge in [0, 0.05) is 6.07 Å². The average Bonchev–Trinajstić information content (AvgIpc) is 2.22. The molecule has 0 saturated carbocycles. The van der Waals surface area contributed by atoms with Gasteiger partial charge in [0.05, 0.1) is 4.47 Å². The van der Waals surface area contributed by atoms with Crippen molar-refractivity contribution in [2.75, 3.05) is 0 Å². The van der Waals surface area contributed by atoms with E-state index in [4.69, 9.17) is 16.3 Å². The maximum absolute atomic E-state index is 5.75. The standard InChI is InChI=1S/C11H7BrClNO/c12-8-4-1-2-5-9(8)15-11-7-3-6-10(13)14-11/h1-7H. The lowest BCUT2D eigenvalue weighted by atomic mass is 10.3. The lowest BCUT2D eigenvalue weighted by Gasteiger charge is -2.05. The van der Waals surface area contributed by atoms with Crippen LogP contribution in [-0.4, -0.2) is 4.98 Å². The van der Waals surface area contributed by atoms with Gasteiger partial charge in [0.25, 0.3) is 0 Å². The van der Waals surface area contributed by atoms with E-state index in [1.54, 1.807) is 18.2 Å². The van der Waals surface area contributed by atoms with E-state index in [0.29, 0.717) is 16.8 Å². The second kappa shape index (κ2) is 4.64. The summed E-state index contributed by atoms with van der Waals surface area (Å²) in [5.74, 6) is 1.20. The molecule has 0 unspecified atom stereocenters. The number of hydrogen-bond donors (Lipinski definition) is 0. The lowest BCUT2D eigenvalue weighted by Crippen LogP contribution is -1.88. The number of hydrogen-bond acceptors (Lipinski definition) is 2. The molecule has 2 rings (SSSR count). The van der Waals surface area contributed by atoms with Crippen LogP contribution < -0.4 is 4.74 Å². The predicted molar refractivity (Wildman–Crippen MR) is 63.5 cm³/mol. The number of ether oxygens (including phenoxy) is 1. The number of para-hydroxylation sites is 1. The molecule has 0 N–H and O–H groups in total. The summed E-state index contributed by atoms with van der Waals surface area (Å²) >= 11 is 9.13. The molecular formula is C11H7BrClNO. The average molecular weight is 285 g/mol. The maximum Gasteiger partial charge on any atom is 0.220 e. The third-order valence-electron chi connectivity index (χ3n) is 1.74. The van der Waals surface area contributed by atoms with Crippen LogP contribution in [0.5, 0.6) is 11.6 Å². The molecule has 1 aromatic heterocycles. The molecule has 0 bridgehead atoms. The van der Waals surface area contributed by atoms with E-state index in [2.05, 4.69) is 20.9 Å². The molecule has 0 saturated heterocycles. The van der Waals surface area contributed by atoms with Crippen molar-refractivity contribution >= 4 is 27.5 Å².